The number of hydrogen-bond acceptors (Lipinski definition) is 12. The van der Waals surface area contributed by atoms with Gasteiger partial charge in [0.15, 0.2) is 0 Å². The summed E-state index contributed by atoms with van der Waals surface area (Å²) in [5.74, 6) is -25.0. The molecule has 12 nitrogen and oxygen atoms in total. The Hall–Kier alpha value is -4.09. The molecule has 0 unspecified atom stereocenters. The minimum Gasteiger partial charge on any atom is -0.462 e. The van der Waals surface area contributed by atoms with E-state index in [0.717, 1.165) is 0 Å². The number of esters is 6. The molecular weight excluding hydrogens is 883 g/mol. The lowest BCUT2D eigenvalue weighted by atomic mass is 9.91. The molecule has 0 aromatic rings. The summed E-state index contributed by atoms with van der Waals surface area (Å²) in [6, 6.07) is 0. The molecule has 0 radical (unpaired) electrons. The average Bonchev–Trinajstić information content (AvgIpc) is 3.10. The number of halogens is 13. The lowest BCUT2D eigenvalue weighted by molar-refractivity contribution is -0.209. The Morgan fingerprint density at radius 2 is 0.613 bits per heavy atom. The number of alkyl halides is 13. The summed E-state index contributed by atoms with van der Waals surface area (Å²) in [6.07, 6.45) is -13.4. The first-order chi connectivity index (χ1) is 27.7. The Bertz CT molecular complexity index is 1350. The summed E-state index contributed by atoms with van der Waals surface area (Å²) in [5.41, 5.74) is -2.26. The van der Waals surface area contributed by atoms with Crippen LogP contribution in [0, 0.1) is 16.2 Å². The molecule has 25 heteroatoms. The van der Waals surface area contributed by atoms with E-state index >= 15 is 0 Å². The first kappa shape index (κ1) is 62.2. The van der Waals surface area contributed by atoms with Crippen molar-refractivity contribution < 1.29 is 114 Å². The molecule has 0 aliphatic heterocycles. The van der Waals surface area contributed by atoms with Crippen LogP contribution in [-0.4, -0.2) is 112 Å². The van der Waals surface area contributed by atoms with Crippen molar-refractivity contribution in [3.05, 3.63) is 0 Å². The van der Waals surface area contributed by atoms with Gasteiger partial charge in [-0.2, -0.15) is 39.5 Å². The Morgan fingerprint density at radius 1 is 0.387 bits per heavy atom. The third-order valence-electron chi connectivity index (χ3n) is 8.22. The number of hydrogen-bond donors (Lipinski definition) is 0. The Balaban J connectivity index is -0.000000843. The second-order valence-electron chi connectivity index (χ2n) is 15.3. The molecule has 0 atom stereocenters. The zero-order chi connectivity index (χ0) is 49.8. The normalized spacial score (nSPS) is 12.8. The minimum absolute atomic E-state index is 0.281. The predicted molar refractivity (Wildman–Crippen MR) is 189 cm³/mol. The largest absolute Gasteiger partial charge is 0.462 e. The first-order valence-electron chi connectivity index (χ1n) is 18.6. The van der Waals surface area contributed by atoms with Crippen molar-refractivity contribution >= 4 is 35.8 Å². The highest BCUT2D eigenvalue weighted by Crippen LogP contribution is 2.33. The maximum atomic E-state index is 13.1. The van der Waals surface area contributed by atoms with Gasteiger partial charge in [0, 0.05) is 0 Å². The molecule has 0 aromatic carbocycles. The number of carbonyl (C=O) groups is 6. The molecule has 0 saturated carbocycles. The maximum absolute atomic E-state index is 13.1. The van der Waals surface area contributed by atoms with Gasteiger partial charge in [0.2, 0.25) is 6.43 Å². The van der Waals surface area contributed by atoms with Crippen LogP contribution in [0.25, 0.3) is 0 Å². The summed E-state index contributed by atoms with van der Waals surface area (Å²) in [6.45, 7) is 12.0. The third-order valence-corrected chi connectivity index (χ3v) is 8.22. The number of carbonyl (C=O) groups excluding carboxylic acids is 6. The molecule has 366 valence electrons. The fourth-order valence-corrected chi connectivity index (χ4v) is 3.21. The summed E-state index contributed by atoms with van der Waals surface area (Å²) >= 11 is 0. The van der Waals surface area contributed by atoms with E-state index in [-0.39, 0.29) is 6.92 Å². The Labute approximate surface area is 350 Å². The van der Waals surface area contributed by atoms with Crippen molar-refractivity contribution in [3.63, 3.8) is 0 Å². The molecule has 0 N–H and O–H groups in total. The molecule has 0 rings (SSSR count). The van der Waals surface area contributed by atoms with Crippen LogP contribution in [0.4, 0.5) is 57.1 Å². The highest BCUT2D eigenvalue weighted by Gasteiger charge is 2.51. The standard InChI is InChI=1S/C13H20F4O4.C12H17F5O4.C12H18F4O4/c1-5-11(2,3)9(18)20-6-7-21-10(19)13(16,17)8-12(4,14)15;1-4-10(2,3)8(18)20-5-6-21-9(19)11(13,14)7-12(15,16)17;1-4-11(2,3)9(17)19-5-6-20-10(18)12(15,16)7-8(13)14/h5-8H2,1-4H3;4-7H2,1-3H3;8H,4-7H2,1-3H3. The van der Waals surface area contributed by atoms with Gasteiger partial charge in [0.25, 0.3) is 5.92 Å². The van der Waals surface area contributed by atoms with E-state index in [1.54, 1.807) is 62.3 Å². The van der Waals surface area contributed by atoms with Crippen LogP contribution in [0.5, 0.6) is 0 Å². The molecule has 0 saturated heterocycles. The number of rotatable bonds is 23. The second-order valence-corrected chi connectivity index (χ2v) is 15.3. The first-order valence-corrected chi connectivity index (χ1v) is 18.6. The van der Waals surface area contributed by atoms with Crippen LogP contribution < -0.4 is 0 Å². The fraction of sp³-hybridized carbons (Fsp3) is 0.838. The van der Waals surface area contributed by atoms with E-state index in [4.69, 9.17) is 9.47 Å². The summed E-state index contributed by atoms with van der Waals surface area (Å²) in [4.78, 5) is 67.1. The SMILES string of the molecule is CCC(C)(C)C(=O)OCCOC(=O)C(F)(F)CC(C)(F)F.CCC(C)(C)C(=O)OCCOC(=O)C(F)(F)CC(F)(F)F.CCC(C)(C)C(=O)OCCOC(=O)C(F)(F)CC(F)F. The van der Waals surface area contributed by atoms with Gasteiger partial charge in [0.05, 0.1) is 29.1 Å². The van der Waals surface area contributed by atoms with Crippen LogP contribution in [0.15, 0.2) is 0 Å². The van der Waals surface area contributed by atoms with E-state index in [9.17, 15) is 85.8 Å². The minimum atomic E-state index is -5.19. The van der Waals surface area contributed by atoms with Crippen LogP contribution in [0.1, 0.15) is 108 Å². The lowest BCUT2D eigenvalue weighted by Crippen LogP contribution is -2.37. The van der Waals surface area contributed by atoms with Gasteiger partial charge in [-0.05, 0) is 67.7 Å². The molecule has 0 spiro atoms. The van der Waals surface area contributed by atoms with Crippen molar-refractivity contribution in [3.8, 4) is 0 Å². The fourth-order valence-electron chi connectivity index (χ4n) is 3.21. The quantitative estimate of drug-likeness (QED) is 0.0415. The van der Waals surface area contributed by atoms with Crippen LogP contribution in [0.2, 0.25) is 0 Å². The van der Waals surface area contributed by atoms with Gasteiger partial charge in [-0.3, -0.25) is 14.4 Å². The zero-order valence-corrected chi connectivity index (χ0v) is 35.9. The molecule has 0 aromatic heterocycles. The molecule has 0 bridgehead atoms. The van der Waals surface area contributed by atoms with Gasteiger partial charge in [-0.25, -0.2) is 31.9 Å². The second kappa shape index (κ2) is 25.9. The summed E-state index contributed by atoms with van der Waals surface area (Å²) in [5, 5.41) is 0. The monoisotopic (exact) mass is 938 g/mol. The van der Waals surface area contributed by atoms with E-state index in [1.807, 2.05) is 0 Å². The third kappa shape index (κ3) is 27.1. The maximum Gasteiger partial charge on any atom is 0.395 e. The molecule has 62 heavy (non-hydrogen) atoms. The molecule has 0 heterocycles. The molecular formula is C37H55F13O12. The highest BCUT2D eigenvalue weighted by molar-refractivity contribution is 5.79. The summed E-state index contributed by atoms with van der Waals surface area (Å²) < 4.78 is 188. The molecule has 0 fully saturated rings. The zero-order valence-electron chi connectivity index (χ0n) is 35.9. The van der Waals surface area contributed by atoms with Gasteiger partial charge in [-0.15, -0.1) is 0 Å². The van der Waals surface area contributed by atoms with Crippen molar-refractivity contribution in [1.29, 1.82) is 0 Å². The van der Waals surface area contributed by atoms with Crippen molar-refractivity contribution in [2.75, 3.05) is 39.6 Å². The Morgan fingerprint density at radius 3 is 0.823 bits per heavy atom. The van der Waals surface area contributed by atoms with E-state index in [0.29, 0.717) is 19.3 Å². The van der Waals surface area contributed by atoms with Crippen LogP contribution in [0.3, 0.4) is 0 Å². The van der Waals surface area contributed by atoms with Crippen LogP contribution >= 0.6 is 0 Å². The number of ether oxygens (including phenoxy) is 6. The van der Waals surface area contributed by atoms with E-state index in [2.05, 4.69) is 18.9 Å². The lowest BCUT2D eigenvalue weighted by Gasteiger charge is -2.21. The van der Waals surface area contributed by atoms with Gasteiger partial charge >= 0.3 is 59.8 Å². The molecule has 0 amide bonds. The smallest absolute Gasteiger partial charge is 0.395 e. The average molecular weight is 939 g/mol. The summed E-state index contributed by atoms with van der Waals surface area (Å²) in [7, 11) is 0. The van der Waals surface area contributed by atoms with Crippen LogP contribution in [-0.2, 0) is 57.2 Å². The molecule has 0 aliphatic rings. The predicted octanol–water partition coefficient (Wildman–Crippen LogP) is 9.09. The Kier molecular flexibility index (Phi) is 26.0. The van der Waals surface area contributed by atoms with Crippen molar-refractivity contribution in [2.24, 2.45) is 16.2 Å². The van der Waals surface area contributed by atoms with Crippen molar-refractivity contribution in [1.82, 2.24) is 0 Å². The van der Waals surface area contributed by atoms with Gasteiger partial charge < -0.3 is 28.4 Å². The van der Waals surface area contributed by atoms with Gasteiger partial charge in [-0.1, -0.05) is 20.8 Å². The van der Waals surface area contributed by atoms with Gasteiger partial charge in [0.1, 0.15) is 46.1 Å². The van der Waals surface area contributed by atoms with Crippen molar-refractivity contribution in [2.45, 2.75) is 144 Å². The molecule has 0 aliphatic carbocycles. The van der Waals surface area contributed by atoms with E-state index < -0.39 is 147 Å². The van der Waals surface area contributed by atoms with E-state index in [1.165, 1.54) is 0 Å². The topological polar surface area (TPSA) is 158 Å². The highest BCUT2D eigenvalue weighted by atomic mass is 19.4.